The molecule has 0 aliphatic carbocycles. The normalized spacial score (nSPS) is 11.5. The van der Waals surface area contributed by atoms with Crippen LogP contribution in [0.1, 0.15) is 22.2 Å². The van der Waals surface area contributed by atoms with Gasteiger partial charge >= 0.3 is 5.97 Å². The highest BCUT2D eigenvalue weighted by Crippen LogP contribution is 2.34. The van der Waals surface area contributed by atoms with Crippen LogP contribution in [0.2, 0.25) is 5.02 Å². The number of thiophene rings is 1. The molecular weight excluding hydrogens is 500 g/mol. The lowest BCUT2D eigenvalue weighted by molar-refractivity contribution is -0.152. The number of amides is 2. The van der Waals surface area contributed by atoms with Gasteiger partial charge in [0.15, 0.2) is 6.10 Å². The third kappa shape index (κ3) is 6.41. The molecule has 0 spiro atoms. The van der Waals surface area contributed by atoms with Gasteiger partial charge in [-0.05, 0) is 42.8 Å². The molecule has 0 saturated heterocycles. The number of esters is 1. The van der Waals surface area contributed by atoms with Crippen molar-refractivity contribution in [2.45, 2.75) is 19.6 Å². The molecule has 0 fully saturated rings. The zero-order chi connectivity index (χ0) is 25.5. The molecule has 36 heavy (non-hydrogen) atoms. The quantitative estimate of drug-likeness (QED) is 0.286. The zero-order valence-corrected chi connectivity index (χ0v) is 20.9. The Morgan fingerprint density at radius 1 is 0.944 bits per heavy atom. The van der Waals surface area contributed by atoms with Gasteiger partial charge in [-0.15, -0.1) is 11.3 Å². The van der Waals surface area contributed by atoms with E-state index in [4.69, 9.17) is 21.1 Å². The second kappa shape index (κ2) is 11.7. The fraction of sp³-hybridized carbons (Fsp3) is 0.148. The Morgan fingerprint density at radius 3 is 2.36 bits per heavy atom. The fourth-order valence-corrected chi connectivity index (χ4v) is 4.74. The van der Waals surface area contributed by atoms with Gasteiger partial charge in [0.2, 0.25) is 0 Å². The van der Waals surface area contributed by atoms with Crippen LogP contribution in [0.15, 0.2) is 78.9 Å². The van der Waals surface area contributed by atoms with Crippen LogP contribution in [0.5, 0.6) is 5.75 Å². The lowest BCUT2D eigenvalue weighted by Gasteiger charge is -2.14. The number of anilines is 1. The summed E-state index contributed by atoms with van der Waals surface area (Å²) < 4.78 is 11.8. The van der Waals surface area contributed by atoms with Gasteiger partial charge in [-0.2, -0.15) is 0 Å². The maximum Gasteiger partial charge on any atom is 0.326 e. The number of carbonyl (C=O) groups excluding carboxylic acids is 3. The van der Waals surface area contributed by atoms with Crippen molar-refractivity contribution in [3.63, 3.8) is 0 Å². The fourth-order valence-electron chi connectivity index (χ4n) is 3.30. The molecule has 4 rings (SSSR count). The van der Waals surface area contributed by atoms with Crippen LogP contribution in [0, 0.1) is 0 Å². The number of nitrogens with one attached hydrogen (secondary N) is 2. The predicted octanol–water partition coefficient (Wildman–Crippen LogP) is 5.43. The van der Waals surface area contributed by atoms with Gasteiger partial charge in [0.25, 0.3) is 11.8 Å². The standard InChI is InChI=1S/C27H23ClN2O5S/c1-17(26(32)30-19-11-13-20(14-12-19)34-16-18-7-3-2-4-8-18)35-23(31)15-29-27(33)25-24(28)21-9-5-6-10-22(21)36-25/h2-14,17H,15-16H2,1H3,(H,29,33)(H,30,32). The molecule has 0 saturated carbocycles. The zero-order valence-electron chi connectivity index (χ0n) is 19.3. The number of benzene rings is 3. The first-order valence-electron chi connectivity index (χ1n) is 11.1. The number of halogens is 1. The first-order chi connectivity index (χ1) is 17.4. The van der Waals surface area contributed by atoms with E-state index in [1.54, 1.807) is 24.3 Å². The number of ether oxygens (including phenoxy) is 2. The van der Waals surface area contributed by atoms with Gasteiger partial charge in [-0.25, -0.2) is 0 Å². The summed E-state index contributed by atoms with van der Waals surface area (Å²) in [7, 11) is 0. The Morgan fingerprint density at radius 2 is 1.64 bits per heavy atom. The number of rotatable bonds is 9. The molecule has 184 valence electrons. The van der Waals surface area contributed by atoms with Crippen molar-refractivity contribution in [3.8, 4) is 5.75 Å². The Kier molecular flexibility index (Phi) is 8.20. The van der Waals surface area contributed by atoms with Gasteiger partial charge in [0, 0.05) is 15.8 Å². The van der Waals surface area contributed by atoms with Crippen LogP contribution in [-0.2, 0) is 20.9 Å². The highest BCUT2D eigenvalue weighted by Gasteiger charge is 2.21. The van der Waals surface area contributed by atoms with Crippen molar-refractivity contribution in [2.24, 2.45) is 0 Å². The number of carbonyl (C=O) groups is 3. The van der Waals surface area contributed by atoms with Crippen LogP contribution in [0.25, 0.3) is 10.1 Å². The average Bonchev–Trinajstić information content (AvgIpc) is 3.24. The Hall–Kier alpha value is -3.88. The van der Waals surface area contributed by atoms with Crippen LogP contribution in [0.3, 0.4) is 0 Å². The minimum atomic E-state index is -1.06. The molecule has 0 aliphatic heterocycles. The minimum Gasteiger partial charge on any atom is -0.489 e. The van der Waals surface area contributed by atoms with Crippen molar-refractivity contribution in [1.29, 1.82) is 0 Å². The Bertz CT molecular complexity index is 1370. The molecule has 2 N–H and O–H groups in total. The van der Waals surface area contributed by atoms with Crippen molar-refractivity contribution in [1.82, 2.24) is 5.32 Å². The molecule has 1 heterocycles. The van der Waals surface area contributed by atoms with Crippen LogP contribution in [-0.4, -0.2) is 30.4 Å². The minimum absolute atomic E-state index is 0.313. The maximum atomic E-state index is 12.5. The summed E-state index contributed by atoms with van der Waals surface area (Å²) in [4.78, 5) is 37.4. The lowest BCUT2D eigenvalue weighted by Crippen LogP contribution is -2.35. The SMILES string of the molecule is CC(OC(=O)CNC(=O)c1sc2ccccc2c1Cl)C(=O)Nc1ccc(OCc2ccccc2)cc1. The molecule has 3 aromatic carbocycles. The smallest absolute Gasteiger partial charge is 0.326 e. The van der Waals surface area contributed by atoms with Crippen LogP contribution >= 0.6 is 22.9 Å². The predicted molar refractivity (Wildman–Crippen MR) is 141 cm³/mol. The highest BCUT2D eigenvalue weighted by molar-refractivity contribution is 7.21. The molecule has 0 aliphatic rings. The molecule has 1 atom stereocenters. The van der Waals surface area contributed by atoms with Gasteiger partial charge in [-0.3, -0.25) is 14.4 Å². The molecule has 7 nitrogen and oxygen atoms in total. The molecule has 9 heteroatoms. The lowest BCUT2D eigenvalue weighted by atomic mass is 10.2. The average molecular weight is 523 g/mol. The first kappa shape index (κ1) is 25.2. The van der Waals surface area contributed by atoms with E-state index in [-0.39, 0.29) is 0 Å². The maximum absolute atomic E-state index is 12.5. The van der Waals surface area contributed by atoms with Gasteiger partial charge < -0.3 is 20.1 Å². The van der Waals surface area contributed by atoms with E-state index in [1.807, 2.05) is 54.6 Å². The topological polar surface area (TPSA) is 93.7 Å². The molecule has 4 aromatic rings. The summed E-state index contributed by atoms with van der Waals surface area (Å²) >= 11 is 7.54. The molecule has 1 unspecified atom stereocenters. The van der Waals surface area contributed by atoms with Crippen molar-refractivity contribution >= 4 is 56.5 Å². The van der Waals surface area contributed by atoms with E-state index in [9.17, 15) is 14.4 Å². The number of hydrogen-bond acceptors (Lipinski definition) is 6. The molecule has 0 bridgehead atoms. The van der Waals surface area contributed by atoms with Crippen molar-refractivity contribution < 1.29 is 23.9 Å². The highest BCUT2D eigenvalue weighted by atomic mass is 35.5. The molecule has 1 aromatic heterocycles. The molecular formula is C27H23ClN2O5S. The number of hydrogen-bond donors (Lipinski definition) is 2. The summed E-state index contributed by atoms with van der Waals surface area (Å²) in [5.74, 6) is -1.07. The Labute approximate surface area is 217 Å². The monoisotopic (exact) mass is 522 g/mol. The van der Waals surface area contributed by atoms with E-state index in [0.29, 0.717) is 27.9 Å². The van der Waals surface area contributed by atoms with Crippen LogP contribution < -0.4 is 15.4 Å². The van der Waals surface area contributed by atoms with Gasteiger partial charge in [0.1, 0.15) is 23.8 Å². The summed E-state index contributed by atoms with van der Waals surface area (Å²) in [6, 6.07) is 24.0. The van der Waals surface area contributed by atoms with E-state index in [2.05, 4.69) is 10.6 Å². The summed E-state index contributed by atoms with van der Waals surface area (Å²) in [5.41, 5.74) is 1.58. The van der Waals surface area contributed by atoms with Crippen molar-refractivity contribution in [2.75, 3.05) is 11.9 Å². The van der Waals surface area contributed by atoms with E-state index in [0.717, 1.165) is 15.6 Å². The number of fused-ring (bicyclic) bond motifs is 1. The third-order valence-electron chi connectivity index (χ3n) is 5.18. The second-order valence-corrected chi connectivity index (χ2v) is 9.27. The van der Waals surface area contributed by atoms with Crippen LogP contribution in [0.4, 0.5) is 5.69 Å². The second-order valence-electron chi connectivity index (χ2n) is 7.84. The van der Waals surface area contributed by atoms with E-state index < -0.39 is 30.4 Å². The first-order valence-corrected chi connectivity index (χ1v) is 12.3. The Balaban J connectivity index is 1.22. The summed E-state index contributed by atoms with van der Waals surface area (Å²) in [5, 5.41) is 6.29. The summed E-state index contributed by atoms with van der Waals surface area (Å²) in [6.07, 6.45) is -1.06. The summed E-state index contributed by atoms with van der Waals surface area (Å²) in [6.45, 7) is 1.49. The van der Waals surface area contributed by atoms with Gasteiger partial charge in [0.05, 0.1) is 5.02 Å². The van der Waals surface area contributed by atoms with Crippen molar-refractivity contribution in [3.05, 3.63) is 94.3 Å². The third-order valence-corrected chi connectivity index (χ3v) is 6.86. The van der Waals surface area contributed by atoms with E-state index >= 15 is 0 Å². The largest absolute Gasteiger partial charge is 0.489 e. The van der Waals surface area contributed by atoms with Gasteiger partial charge in [-0.1, -0.05) is 60.1 Å². The molecule has 2 amide bonds. The molecule has 0 radical (unpaired) electrons. The van der Waals surface area contributed by atoms with E-state index in [1.165, 1.54) is 18.3 Å².